The second-order valence-corrected chi connectivity index (χ2v) is 4.85. The maximum absolute atomic E-state index is 11.4. The Morgan fingerprint density at radius 1 is 1.28 bits per heavy atom. The monoisotopic (exact) mass is 258 g/mol. The van der Waals surface area contributed by atoms with Gasteiger partial charge in [0.1, 0.15) is 0 Å². The van der Waals surface area contributed by atoms with Crippen LogP contribution in [-0.2, 0) is 9.59 Å². The number of nitrogens with two attached hydrogens (primary N) is 2. The molecular weight excluding hydrogens is 232 g/mol. The summed E-state index contributed by atoms with van der Waals surface area (Å²) in [5.41, 5.74) is 10.5. The number of carbonyl (C=O) groups excluding carboxylic acids is 2. The number of nitrogens with zero attached hydrogens (tertiary/aromatic N) is 1. The van der Waals surface area contributed by atoms with Crippen LogP contribution in [0.2, 0.25) is 0 Å². The van der Waals surface area contributed by atoms with E-state index in [4.69, 9.17) is 11.5 Å². The number of primary amides is 1. The van der Waals surface area contributed by atoms with Gasteiger partial charge in [-0.05, 0) is 40.3 Å². The lowest BCUT2D eigenvalue weighted by atomic mass is 10.2. The Kier molecular flexibility index (Phi) is 8.32. The molecule has 0 fully saturated rings. The Morgan fingerprint density at radius 2 is 1.89 bits per heavy atom. The minimum atomic E-state index is -0.833. The van der Waals surface area contributed by atoms with Crippen molar-refractivity contribution in [3.8, 4) is 0 Å². The molecule has 6 heteroatoms. The zero-order valence-corrected chi connectivity index (χ0v) is 11.6. The fourth-order valence-corrected chi connectivity index (χ4v) is 1.40. The molecule has 5 N–H and O–H groups in total. The molecule has 2 amide bonds. The van der Waals surface area contributed by atoms with E-state index in [0.29, 0.717) is 12.6 Å². The van der Waals surface area contributed by atoms with Crippen molar-refractivity contribution in [1.82, 2.24) is 10.2 Å². The van der Waals surface area contributed by atoms with E-state index in [9.17, 15) is 9.59 Å². The first-order valence-electron chi connectivity index (χ1n) is 6.36. The molecule has 0 radical (unpaired) electrons. The van der Waals surface area contributed by atoms with Crippen molar-refractivity contribution in [3.05, 3.63) is 0 Å². The Labute approximate surface area is 109 Å². The Balaban J connectivity index is 3.60. The molecule has 106 valence electrons. The van der Waals surface area contributed by atoms with Crippen molar-refractivity contribution in [2.75, 3.05) is 20.1 Å². The molecule has 0 heterocycles. The molecule has 0 spiro atoms. The van der Waals surface area contributed by atoms with Gasteiger partial charge in [0.05, 0.1) is 12.5 Å². The first-order chi connectivity index (χ1) is 8.34. The van der Waals surface area contributed by atoms with E-state index in [0.717, 1.165) is 19.4 Å². The van der Waals surface area contributed by atoms with Crippen LogP contribution in [0.15, 0.2) is 0 Å². The highest BCUT2D eigenvalue weighted by atomic mass is 16.2. The van der Waals surface area contributed by atoms with E-state index in [1.807, 2.05) is 0 Å². The highest BCUT2D eigenvalue weighted by Gasteiger charge is 2.14. The molecule has 1 atom stereocenters. The molecule has 0 aromatic carbocycles. The third-order valence-electron chi connectivity index (χ3n) is 2.88. The third-order valence-corrected chi connectivity index (χ3v) is 2.88. The topological polar surface area (TPSA) is 101 Å². The van der Waals surface area contributed by atoms with Crippen LogP contribution in [0.1, 0.15) is 33.1 Å². The van der Waals surface area contributed by atoms with Crippen LogP contribution in [0, 0.1) is 0 Å². The van der Waals surface area contributed by atoms with Crippen LogP contribution < -0.4 is 16.8 Å². The predicted molar refractivity (Wildman–Crippen MR) is 71.8 cm³/mol. The first kappa shape index (κ1) is 16.9. The molecular formula is C12H26N4O2. The van der Waals surface area contributed by atoms with E-state index < -0.39 is 11.9 Å². The van der Waals surface area contributed by atoms with Crippen LogP contribution in [0.4, 0.5) is 0 Å². The lowest BCUT2D eigenvalue weighted by molar-refractivity contribution is -0.126. The van der Waals surface area contributed by atoms with Crippen LogP contribution in [0.5, 0.6) is 0 Å². The van der Waals surface area contributed by atoms with Gasteiger partial charge in [0.2, 0.25) is 11.8 Å². The highest BCUT2D eigenvalue weighted by Crippen LogP contribution is 1.97. The summed E-state index contributed by atoms with van der Waals surface area (Å²) in [6.45, 7) is 5.87. The number of rotatable bonds is 9. The van der Waals surface area contributed by atoms with Crippen LogP contribution in [0.25, 0.3) is 0 Å². The number of unbranched alkanes of at least 4 members (excludes halogenated alkanes) is 1. The first-order valence-corrected chi connectivity index (χ1v) is 6.36. The average Bonchev–Trinajstić information content (AvgIpc) is 2.26. The molecule has 0 saturated heterocycles. The van der Waals surface area contributed by atoms with E-state index in [1.54, 1.807) is 0 Å². The maximum Gasteiger partial charge on any atom is 0.237 e. The average molecular weight is 258 g/mol. The van der Waals surface area contributed by atoms with Gasteiger partial charge >= 0.3 is 0 Å². The number of amides is 2. The fourth-order valence-electron chi connectivity index (χ4n) is 1.40. The highest BCUT2D eigenvalue weighted by molar-refractivity contribution is 5.87. The minimum absolute atomic E-state index is 0.109. The molecule has 0 rings (SSSR count). The molecule has 0 aliphatic heterocycles. The van der Waals surface area contributed by atoms with Gasteiger partial charge in [-0.15, -0.1) is 0 Å². The van der Waals surface area contributed by atoms with Gasteiger partial charge in [-0.1, -0.05) is 0 Å². The van der Waals surface area contributed by atoms with Crippen molar-refractivity contribution in [3.63, 3.8) is 0 Å². The van der Waals surface area contributed by atoms with Crippen LogP contribution >= 0.6 is 0 Å². The number of carbonyl (C=O) groups is 2. The second-order valence-electron chi connectivity index (χ2n) is 4.85. The fraction of sp³-hybridized carbons (Fsp3) is 0.833. The van der Waals surface area contributed by atoms with Gasteiger partial charge in [-0.2, -0.15) is 0 Å². The SMILES string of the molecule is CC(C)N(C)CCCCNC(=O)C(N)CC(N)=O. The lowest BCUT2D eigenvalue weighted by Crippen LogP contribution is -2.43. The van der Waals surface area contributed by atoms with Gasteiger partial charge in [0, 0.05) is 12.6 Å². The van der Waals surface area contributed by atoms with Crippen LogP contribution in [0.3, 0.4) is 0 Å². The summed E-state index contributed by atoms with van der Waals surface area (Å²) in [5, 5.41) is 2.70. The summed E-state index contributed by atoms with van der Waals surface area (Å²) >= 11 is 0. The Hall–Kier alpha value is -1.14. The normalized spacial score (nSPS) is 12.8. The molecule has 0 aliphatic carbocycles. The van der Waals surface area contributed by atoms with Crippen molar-refractivity contribution in [2.24, 2.45) is 11.5 Å². The van der Waals surface area contributed by atoms with E-state index in [1.165, 1.54) is 0 Å². The van der Waals surface area contributed by atoms with Crippen LogP contribution in [-0.4, -0.2) is 48.9 Å². The van der Waals surface area contributed by atoms with E-state index in [-0.39, 0.29) is 12.3 Å². The van der Waals surface area contributed by atoms with E-state index >= 15 is 0 Å². The van der Waals surface area contributed by atoms with Crippen molar-refractivity contribution >= 4 is 11.8 Å². The molecule has 0 bridgehead atoms. The number of nitrogens with one attached hydrogen (secondary N) is 1. The predicted octanol–water partition coefficient (Wildman–Crippen LogP) is -0.574. The molecule has 0 aromatic rings. The maximum atomic E-state index is 11.4. The molecule has 0 aromatic heterocycles. The quantitative estimate of drug-likeness (QED) is 0.482. The van der Waals surface area contributed by atoms with Crippen molar-refractivity contribution in [1.29, 1.82) is 0 Å². The molecule has 1 unspecified atom stereocenters. The second kappa shape index (κ2) is 8.88. The van der Waals surface area contributed by atoms with Gasteiger partial charge in [-0.25, -0.2) is 0 Å². The zero-order chi connectivity index (χ0) is 14.1. The number of hydrogen-bond acceptors (Lipinski definition) is 4. The van der Waals surface area contributed by atoms with E-state index in [2.05, 4.69) is 31.1 Å². The molecule has 0 aliphatic rings. The summed E-state index contributed by atoms with van der Waals surface area (Å²) < 4.78 is 0. The zero-order valence-electron chi connectivity index (χ0n) is 11.6. The number of hydrogen-bond donors (Lipinski definition) is 3. The Bertz CT molecular complexity index is 269. The van der Waals surface area contributed by atoms with Gasteiger partial charge in [-0.3, -0.25) is 9.59 Å². The van der Waals surface area contributed by atoms with Gasteiger partial charge in [0.25, 0.3) is 0 Å². The Morgan fingerprint density at radius 3 is 2.39 bits per heavy atom. The van der Waals surface area contributed by atoms with Gasteiger partial charge < -0.3 is 21.7 Å². The smallest absolute Gasteiger partial charge is 0.237 e. The largest absolute Gasteiger partial charge is 0.370 e. The summed E-state index contributed by atoms with van der Waals surface area (Å²) in [6, 6.07) is -0.301. The molecule has 6 nitrogen and oxygen atoms in total. The summed E-state index contributed by atoms with van der Waals surface area (Å²) in [4.78, 5) is 24.3. The van der Waals surface area contributed by atoms with Crippen molar-refractivity contribution < 1.29 is 9.59 Å². The molecule has 18 heavy (non-hydrogen) atoms. The van der Waals surface area contributed by atoms with Gasteiger partial charge in [0.15, 0.2) is 0 Å². The van der Waals surface area contributed by atoms with Crippen molar-refractivity contribution in [2.45, 2.75) is 45.2 Å². The minimum Gasteiger partial charge on any atom is -0.370 e. The molecule has 0 saturated carbocycles. The summed E-state index contributed by atoms with van der Waals surface area (Å²) in [6.07, 6.45) is 1.80. The third kappa shape index (κ3) is 8.03. The summed E-state index contributed by atoms with van der Waals surface area (Å²) in [5.74, 6) is -0.873. The summed E-state index contributed by atoms with van der Waals surface area (Å²) in [7, 11) is 2.08. The lowest BCUT2D eigenvalue weighted by Gasteiger charge is -2.20. The standard InChI is InChI=1S/C12H26N4O2/c1-9(2)16(3)7-5-4-6-15-12(18)10(13)8-11(14)17/h9-10H,4-8,13H2,1-3H3,(H2,14,17)(H,15,18).